The first-order valence-corrected chi connectivity index (χ1v) is 9.46. The van der Waals surface area contributed by atoms with Gasteiger partial charge in [0, 0.05) is 11.6 Å². The van der Waals surface area contributed by atoms with Crippen LogP contribution in [0.15, 0.2) is 11.6 Å². The maximum absolute atomic E-state index is 4.44. The second-order valence-electron chi connectivity index (χ2n) is 6.50. The van der Waals surface area contributed by atoms with E-state index in [0.717, 1.165) is 0 Å². The minimum absolute atomic E-state index is 0.536. The topological polar surface area (TPSA) is 12.9 Å². The Morgan fingerprint density at radius 1 is 0.950 bits per heavy atom. The number of hydrogen-bond donors (Lipinski definition) is 0. The summed E-state index contributed by atoms with van der Waals surface area (Å²) in [4.78, 5) is 4.44. The van der Waals surface area contributed by atoms with E-state index >= 15 is 0 Å². The molecule has 1 aromatic heterocycles. The lowest BCUT2D eigenvalue weighted by Gasteiger charge is -2.29. The van der Waals surface area contributed by atoms with Crippen LogP contribution in [0.4, 0.5) is 0 Å². The highest BCUT2D eigenvalue weighted by molar-refractivity contribution is 7.09. The van der Waals surface area contributed by atoms with Gasteiger partial charge >= 0.3 is 0 Å². The van der Waals surface area contributed by atoms with Crippen molar-refractivity contribution >= 4 is 11.3 Å². The summed E-state index contributed by atoms with van der Waals surface area (Å²) in [6, 6.07) is 0. The zero-order valence-corrected chi connectivity index (χ0v) is 14.6. The summed E-state index contributed by atoms with van der Waals surface area (Å²) in [6.07, 6.45) is 16.9. The van der Waals surface area contributed by atoms with Crippen LogP contribution in [0.25, 0.3) is 0 Å². The van der Waals surface area contributed by atoms with E-state index in [1.54, 1.807) is 0 Å². The van der Waals surface area contributed by atoms with Crippen molar-refractivity contribution in [1.82, 2.24) is 4.98 Å². The van der Waals surface area contributed by atoms with Gasteiger partial charge in [-0.2, -0.15) is 0 Å². The van der Waals surface area contributed by atoms with Crippen LogP contribution >= 0.6 is 11.3 Å². The van der Waals surface area contributed by atoms with Gasteiger partial charge in [-0.15, -0.1) is 11.3 Å². The maximum atomic E-state index is 4.44. The minimum Gasteiger partial charge on any atom is -0.250 e. The van der Waals surface area contributed by atoms with Gasteiger partial charge in [0.2, 0.25) is 0 Å². The highest BCUT2D eigenvalue weighted by Crippen LogP contribution is 2.36. The van der Waals surface area contributed by atoms with E-state index in [1.165, 1.54) is 75.6 Å². The Labute approximate surface area is 130 Å². The van der Waals surface area contributed by atoms with E-state index in [2.05, 4.69) is 31.1 Å². The van der Waals surface area contributed by atoms with Gasteiger partial charge in [0.1, 0.15) is 0 Å². The third-order valence-electron chi connectivity index (χ3n) is 4.44. The Kier molecular flexibility index (Phi) is 9.17. The molecular formula is C18H33NS. The minimum atomic E-state index is 0.536. The number of aromatic nitrogens is 1. The number of rotatable bonds is 12. The molecule has 20 heavy (non-hydrogen) atoms. The van der Waals surface area contributed by atoms with E-state index in [9.17, 15) is 0 Å². The monoisotopic (exact) mass is 295 g/mol. The molecule has 1 nitrogen and oxygen atoms in total. The fourth-order valence-corrected chi connectivity index (χ4v) is 3.54. The van der Waals surface area contributed by atoms with Crippen LogP contribution in [0.2, 0.25) is 0 Å². The standard InChI is InChI=1S/C18H33NS/c1-4-6-8-9-10-13-18(3,12-7-5-2)14-11-17-19-15-16-20-17/h15-16H,4-14H2,1-3H3. The van der Waals surface area contributed by atoms with Gasteiger partial charge < -0.3 is 0 Å². The lowest BCUT2D eigenvalue weighted by molar-refractivity contribution is 0.233. The summed E-state index contributed by atoms with van der Waals surface area (Å²) in [5, 5.41) is 3.42. The van der Waals surface area contributed by atoms with Crippen LogP contribution in [0.1, 0.15) is 90.0 Å². The van der Waals surface area contributed by atoms with Crippen molar-refractivity contribution < 1.29 is 0 Å². The molecular weight excluding hydrogens is 262 g/mol. The Balaban J connectivity index is 2.34. The Morgan fingerprint density at radius 2 is 1.65 bits per heavy atom. The molecule has 0 fully saturated rings. The molecule has 0 aromatic carbocycles. The second kappa shape index (κ2) is 10.4. The first-order valence-electron chi connectivity index (χ1n) is 8.58. The summed E-state index contributed by atoms with van der Waals surface area (Å²) < 4.78 is 0. The molecule has 0 radical (unpaired) electrons. The quantitative estimate of drug-likeness (QED) is 0.394. The Morgan fingerprint density at radius 3 is 2.30 bits per heavy atom. The largest absolute Gasteiger partial charge is 0.250 e. The van der Waals surface area contributed by atoms with Gasteiger partial charge in [-0.25, -0.2) is 4.98 Å². The summed E-state index contributed by atoms with van der Waals surface area (Å²) in [5.74, 6) is 0. The molecule has 0 saturated heterocycles. The van der Waals surface area contributed by atoms with Crippen molar-refractivity contribution in [2.24, 2.45) is 5.41 Å². The second-order valence-corrected chi connectivity index (χ2v) is 7.48. The first-order chi connectivity index (χ1) is 9.70. The van der Waals surface area contributed by atoms with Crippen molar-refractivity contribution in [1.29, 1.82) is 0 Å². The molecule has 0 bridgehead atoms. The van der Waals surface area contributed by atoms with Crippen LogP contribution in [0.3, 0.4) is 0 Å². The van der Waals surface area contributed by atoms with Gasteiger partial charge in [-0.05, 0) is 31.1 Å². The molecule has 1 aromatic rings. The van der Waals surface area contributed by atoms with E-state index in [-0.39, 0.29) is 0 Å². The molecule has 1 heterocycles. The highest BCUT2D eigenvalue weighted by atomic mass is 32.1. The predicted octanol–water partition coefficient (Wildman–Crippen LogP) is 6.63. The predicted molar refractivity (Wildman–Crippen MR) is 91.4 cm³/mol. The number of unbranched alkanes of at least 4 members (excludes halogenated alkanes) is 5. The Bertz CT molecular complexity index is 320. The molecule has 1 rings (SSSR count). The van der Waals surface area contributed by atoms with Gasteiger partial charge in [0.25, 0.3) is 0 Å². The molecule has 0 aliphatic heterocycles. The molecule has 2 heteroatoms. The summed E-state index contributed by atoms with van der Waals surface area (Å²) in [7, 11) is 0. The number of nitrogens with zero attached hydrogens (tertiary/aromatic N) is 1. The van der Waals surface area contributed by atoms with E-state index in [1.807, 2.05) is 17.5 Å². The average molecular weight is 296 g/mol. The summed E-state index contributed by atoms with van der Waals surface area (Å²) in [6.45, 7) is 7.11. The normalized spacial score (nSPS) is 14.3. The third kappa shape index (κ3) is 7.42. The molecule has 1 unspecified atom stereocenters. The van der Waals surface area contributed by atoms with E-state index < -0.39 is 0 Å². The van der Waals surface area contributed by atoms with E-state index in [4.69, 9.17) is 0 Å². The molecule has 0 spiro atoms. The number of aryl methyl sites for hydroxylation is 1. The van der Waals surface area contributed by atoms with Gasteiger partial charge in [0.15, 0.2) is 0 Å². The maximum Gasteiger partial charge on any atom is 0.0924 e. The van der Waals surface area contributed by atoms with Crippen molar-refractivity contribution in [3.63, 3.8) is 0 Å². The van der Waals surface area contributed by atoms with Crippen molar-refractivity contribution in [3.8, 4) is 0 Å². The molecule has 0 saturated carbocycles. The SMILES string of the molecule is CCCCCCCC(C)(CCCC)CCc1nccs1. The number of hydrogen-bond acceptors (Lipinski definition) is 2. The lowest BCUT2D eigenvalue weighted by atomic mass is 9.76. The van der Waals surface area contributed by atoms with Gasteiger partial charge in [-0.1, -0.05) is 65.7 Å². The van der Waals surface area contributed by atoms with Gasteiger partial charge in [0.05, 0.1) is 5.01 Å². The molecule has 0 aliphatic rings. The van der Waals surface area contributed by atoms with Crippen LogP contribution in [-0.4, -0.2) is 4.98 Å². The van der Waals surface area contributed by atoms with Crippen molar-refractivity contribution in [2.45, 2.75) is 91.4 Å². The Hall–Kier alpha value is -0.370. The molecule has 1 atom stereocenters. The smallest absolute Gasteiger partial charge is 0.0924 e. The zero-order valence-electron chi connectivity index (χ0n) is 13.8. The first kappa shape index (κ1) is 17.7. The van der Waals surface area contributed by atoms with E-state index in [0.29, 0.717) is 5.41 Å². The van der Waals surface area contributed by atoms with Crippen LogP contribution in [0, 0.1) is 5.41 Å². The number of thiazole rings is 1. The average Bonchev–Trinajstić information content (AvgIpc) is 2.96. The lowest BCUT2D eigenvalue weighted by Crippen LogP contribution is -2.17. The van der Waals surface area contributed by atoms with Crippen LogP contribution in [0.5, 0.6) is 0 Å². The molecule has 116 valence electrons. The fourth-order valence-electron chi connectivity index (χ4n) is 2.92. The molecule has 0 aliphatic carbocycles. The summed E-state index contributed by atoms with van der Waals surface area (Å²) in [5.41, 5.74) is 0.536. The molecule has 0 amide bonds. The highest BCUT2D eigenvalue weighted by Gasteiger charge is 2.23. The van der Waals surface area contributed by atoms with Crippen LogP contribution < -0.4 is 0 Å². The van der Waals surface area contributed by atoms with Gasteiger partial charge in [-0.3, -0.25) is 0 Å². The zero-order chi connectivity index (χ0) is 14.7. The van der Waals surface area contributed by atoms with Crippen LogP contribution in [-0.2, 0) is 6.42 Å². The third-order valence-corrected chi connectivity index (χ3v) is 5.28. The van der Waals surface area contributed by atoms with Crippen molar-refractivity contribution in [2.75, 3.05) is 0 Å². The molecule has 0 N–H and O–H groups in total. The fraction of sp³-hybridized carbons (Fsp3) is 0.833. The summed E-state index contributed by atoms with van der Waals surface area (Å²) >= 11 is 1.81. The van der Waals surface area contributed by atoms with Crippen molar-refractivity contribution in [3.05, 3.63) is 16.6 Å².